The van der Waals surface area contributed by atoms with E-state index in [2.05, 4.69) is 4.98 Å². The maximum absolute atomic E-state index is 10.5. The average molecular weight is 241 g/mol. The molecule has 1 aromatic rings. The molecule has 1 aliphatic rings. The van der Waals surface area contributed by atoms with Gasteiger partial charge in [0.25, 0.3) is 0 Å². The molecular weight excluding hydrogens is 226 g/mol. The van der Waals surface area contributed by atoms with E-state index in [1.807, 2.05) is 6.92 Å². The predicted octanol–water partition coefficient (Wildman–Crippen LogP) is 1.97. The fraction of sp³-hybridized carbons (Fsp3) is 0.636. The van der Waals surface area contributed by atoms with Gasteiger partial charge in [0.1, 0.15) is 0 Å². The third kappa shape index (κ3) is 2.59. The fourth-order valence-electron chi connectivity index (χ4n) is 1.81. The van der Waals surface area contributed by atoms with Gasteiger partial charge in [0.15, 0.2) is 0 Å². The van der Waals surface area contributed by atoms with Crippen LogP contribution in [0.25, 0.3) is 0 Å². The Kier molecular flexibility index (Phi) is 3.56. The molecule has 0 bridgehead atoms. The number of thiazole rings is 1. The standard InChI is InChI=1S/C11H15NO3S/c1-7-9(2-3-10(13)14)16-11(12-7)8-4-5-15-6-8/h8H,2-6H2,1H3,(H,13,14). The van der Waals surface area contributed by atoms with Gasteiger partial charge in [-0.25, -0.2) is 4.98 Å². The van der Waals surface area contributed by atoms with E-state index in [1.165, 1.54) is 0 Å². The van der Waals surface area contributed by atoms with Gasteiger partial charge in [0.2, 0.25) is 0 Å². The molecule has 1 N–H and O–H groups in total. The summed E-state index contributed by atoms with van der Waals surface area (Å²) in [6, 6.07) is 0. The lowest BCUT2D eigenvalue weighted by molar-refractivity contribution is -0.136. The van der Waals surface area contributed by atoms with Gasteiger partial charge in [-0.15, -0.1) is 11.3 Å². The van der Waals surface area contributed by atoms with Crippen LogP contribution in [-0.2, 0) is 16.0 Å². The molecule has 2 rings (SSSR count). The lowest BCUT2D eigenvalue weighted by Crippen LogP contribution is -1.96. The van der Waals surface area contributed by atoms with Crippen LogP contribution in [0.2, 0.25) is 0 Å². The smallest absolute Gasteiger partial charge is 0.303 e. The Bertz CT molecular complexity index is 383. The van der Waals surface area contributed by atoms with E-state index in [-0.39, 0.29) is 6.42 Å². The highest BCUT2D eigenvalue weighted by Gasteiger charge is 2.22. The van der Waals surface area contributed by atoms with Crippen molar-refractivity contribution in [3.63, 3.8) is 0 Å². The number of carbonyl (C=O) groups is 1. The van der Waals surface area contributed by atoms with E-state index in [4.69, 9.17) is 9.84 Å². The summed E-state index contributed by atoms with van der Waals surface area (Å²) in [5.74, 6) is -0.333. The molecular formula is C11H15NO3S. The van der Waals surface area contributed by atoms with Crippen molar-refractivity contribution >= 4 is 17.3 Å². The molecule has 0 amide bonds. The van der Waals surface area contributed by atoms with Gasteiger partial charge < -0.3 is 9.84 Å². The van der Waals surface area contributed by atoms with Gasteiger partial charge in [-0.05, 0) is 19.8 Å². The summed E-state index contributed by atoms with van der Waals surface area (Å²) in [5.41, 5.74) is 0.980. The molecule has 0 saturated carbocycles. The average Bonchev–Trinajstić information content (AvgIpc) is 2.83. The number of aliphatic carboxylic acids is 1. The van der Waals surface area contributed by atoms with Crippen LogP contribution in [0.4, 0.5) is 0 Å². The number of aryl methyl sites for hydroxylation is 2. The summed E-state index contributed by atoms with van der Waals surface area (Å²) in [6.45, 7) is 3.52. The third-order valence-corrected chi connectivity index (χ3v) is 4.13. The van der Waals surface area contributed by atoms with Crippen LogP contribution in [-0.4, -0.2) is 29.3 Å². The first-order chi connectivity index (χ1) is 7.66. The van der Waals surface area contributed by atoms with Crippen molar-refractivity contribution in [2.75, 3.05) is 13.2 Å². The SMILES string of the molecule is Cc1nc(C2CCOC2)sc1CCC(=O)O. The summed E-state index contributed by atoms with van der Waals surface area (Å²) in [5, 5.41) is 9.76. The highest BCUT2D eigenvalue weighted by atomic mass is 32.1. The summed E-state index contributed by atoms with van der Waals surface area (Å²) in [7, 11) is 0. The largest absolute Gasteiger partial charge is 0.481 e. The van der Waals surface area contributed by atoms with Crippen molar-refractivity contribution in [3.8, 4) is 0 Å². The van der Waals surface area contributed by atoms with E-state index < -0.39 is 5.97 Å². The van der Waals surface area contributed by atoms with E-state index in [0.717, 1.165) is 35.2 Å². The Hall–Kier alpha value is -0.940. The molecule has 0 spiro atoms. The van der Waals surface area contributed by atoms with Crippen LogP contribution < -0.4 is 0 Å². The number of nitrogens with zero attached hydrogens (tertiary/aromatic N) is 1. The van der Waals surface area contributed by atoms with Crippen molar-refractivity contribution in [3.05, 3.63) is 15.6 Å². The predicted molar refractivity (Wildman–Crippen MR) is 61.0 cm³/mol. The quantitative estimate of drug-likeness (QED) is 0.875. The van der Waals surface area contributed by atoms with Gasteiger partial charge in [-0.3, -0.25) is 4.79 Å². The van der Waals surface area contributed by atoms with E-state index in [0.29, 0.717) is 12.3 Å². The van der Waals surface area contributed by atoms with E-state index in [1.54, 1.807) is 11.3 Å². The molecule has 88 valence electrons. The minimum absolute atomic E-state index is 0.184. The molecule has 1 aromatic heterocycles. The first-order valence-corrected chi connectivity index (χ1v) is 6.24. The summed E-state index contributed by atoms with van der Waals surface area (Å²) in [4.78, 5) is 16.1. The summed E-state index contributed by atoms with van der Waals surface area (Å²) >= 11 is 1.64. The highest BCUT2D eigenvalue weighted by molar-refractivity contribution is 7.11. The van der Waals surface area contributed by atoms with Crippen molar-refractivity contribution in [1.29, 1.82) is 0 Å². The maximum Gasteiger partial charge on any atom is 0.303 e. The van der Waals surface area contributed by atoms with Crippen LogP contribution in [0.3, 0.4) is 0 Å². The van der Waals surface area contributed by atoms with Gasteiger partial charge in [0.05, 0.1) is 23.7 Å². The number of carboxylic acids is 1. The Balaban J connectivity index is 2.05. The Morgan fingerprint density at radius 1 is 1.69 bits per heavy atom. The topological polar surface area (TPSA) is 59.4 Å². The number of ether oxygens (including phenoxy) is 1. The summed E-state index contributed by atoms with van der Waals surface area (Å²) < 4.78 is 5.33. The van der Waals surface area contributed by atoms with Crippen LogP contribution >= 0.6 is 11.3 Å². The van der Waals surface area contributed by atoms with Crippen LogP contribution in [0, 0.1) is 6.92 Å². The molecule has 1 saturated heterocycles. The second kappa shape index (κ2) is 4.93. The first-order valence-electron chi connectivity index (χ1n) is 5.42. The lowest BCUT2D eigenvalue weighted by atomic mass is 10.1. The first kappa shape index (κ1) is 11.5. The molecule has 1 fully saturated rings. The Morgan fingerprint density at radius 3 is 3.12 bits per heavy atom. The van der Waals surface area contributed by atoms with Crippen LogP contribution in [0.15, 0.2) is 0 Å². The van der Waals surface area contributed by atoms with E-state index >= 15 is 0 Å². The minimum atomic E-state index is -0.751. The second-order valence-corrected chi connectivity index (χ2v) is 5.13. The molecule has 4 nitrogen and oxygen atoms in total. The zero-order valence-electron chi connectivity index (χ0n) is 9.23. The van der Waals surface area contributed by atoms with Gasteiger partial charge >= 0.3 is 5.97 Å². The summed E-state index contributed by atoms with van der Waals surface area (Å²) in [6.07, 6.45) is 1.81. The minimum Gasteiger partial charge on any atom is -0.481 e. The molecule has 2 heterocycles. The number of aromatic nitrogens is 1. The molecule has 0 aliphatic carbocycles. The van der Waals surface area contributed by atoms with Crippen molar-refractivity contribution < 1.29 is 14.6 Å². The molecule has 16 heavy (non-hydrogen) atoms. The second-order valence-electron chi connectivity index (χ2n) is 4.01. The molecule has 0 aromatic carbocycles. The maximum atomic E-state index is 10.5. The van der Waals surface area contributed by atoms with E-state index in [9.17, 15) is 4.79 Å². The Labute approximate surface area is 98.3 Å². The number of rotatable bonds is 4. The molecule has 1 aliphatic heterocycles. The van der Waals surface area contributed by atoms with Gasteiger partial charge in [-0.2, -0.15) is 0 Å². The number of carboxylic acid groups (broad SMARTS) is 1. The fourth-order valence-corrected chi connectivity index (χ4v) is 2.99. The van der Waals surface area contributed by atoms with Crippen molar-refractivity contribution in [1.82, 2.24) is 4.98 Å². The molecule has 0 radical (unpaired) electrons. The zero-order valence-corrected chi connectivity index (χ0v) is 10.0. The normalized spacial score (nSPS) is 20.2. The third-order valence-electron chi connectivity index (χ3n) is 2.75. The molecule has 1 unspecified atom stereocenters. The monoisotopic (exact) mass is 241 g/mol. The van der Waals surface area contributed by atoms with Gasteiger partial charge in [0, 0.05) is 17.4 Å². The van der Waals surface area contributed by atoms with Crippen molar-refractivity contribution in [2.24, 2.45) is 0 Å². The Morgan fingerprint density at radius 2 is 2.50 bits per heavy atom. The molecule has 5 heteroatoms. The zero-order chi connectivity index (χ0) is 11.5. The number of hydrogen-bond acceptors (Lipinski definition) is 4. The van der Waals surface area contributed by atoms with Gasteiger partial charge in [-0.1, -0.05) is 0 Å². The highest BCUT2D eigenvalue weighted by Crippen LogP contribution is 2.31. The van der Waals surface area contributed by atoms with Crippen LogP contribution in [0.5, 0.6) is 0 Å². The lowest BCUT2D eigenvalue weighted by Gasteiger charge is -2.00. The number of hydrogen-bond donors (Lipinski definition) is 1. The van der Waals surface area contributed by atoms with Crippen LogP contribution in [0.1, 0.15) is 34.3 Å². The molecule has 1 atom stereocenters. The van der Waals surface area contributed by atoms with Crippen molar-refractivity contribution in [2.45, 2.75) is 32.1 Å².